The molecule has 9 nitrogen and oxygen atoms in total. The molecule has 1 saturated heterocycles. The van der Waals surface area contributed by atoms with Crippen LogP contribution in [0.3, 0.4) is 0 Å². The Kier molecular flexibility index (Phi) is 3.05. The van der Waals surface area contributed by atoms with Gasteiger partial charge in [-0.05, 0) is 0 Å². The average molecular weight is 281 g/mol. The van der Waals surface area contributed by atoms with Crippen LogP contribution >= 0.6 is 0 Å². The molecule has 3 heterocycles. The van der Waals surface area contributed by atoms with Crippen molar-refractivity contribution in [2.75, 3.05) is 18.9 Å². The molecular weight excluding hydrogens is 266 g/mol. The SMILES string of the molecule is Nc1ncc2ncn([C@H]3CC(O)C(CO)(CO)O3)c2n1. The molecule has 2 aromatic rings. The number of nitrogens with two attached hydrogens (primary N) is 1. The summed E-state index contributed by atoms with van der Waals surface area (Å²) < 4.78 is 7.22. The van der Waals surface area contributed by atoms with Crippen LogP contribution in [0.25, 0.3) is 11.2 Å². The fraction of sp³-hybridized carbons (Fsp3) is 0.545. The van der Waals surface area contributed by atoms with Crippen LogP contribution in [0, 0.1) is 0 Å². The number of aromatic nitrogens is 4. The Hall–Kier alpha value is -1.81. The van der Waals surface area contributed by atoms with E-state index in [4.69, 9.17) is 10.5 Å². The largest absolute Gasteiger partial charge is 0.393 e. The molecule has 0 aromatic carbocycles. The van der Waals surface area contributed by atoms with Gasteiger partial charge in [0.15, 0.2) is 5.65 Å². The first-order chi connectivity index (χ1) is 9.59. The smallest absolute Gasteiger partial charge is 0.222 e. The van der Waals surface area contributed by atoms with Gasteiger partial charge >= 0.3 is 0 Å². The molecule has 0 amide bonds. The Morgan fingerprint density at radius 3 is 2.80 bits per heavy atom. The number of hydrogen-bond acceptors (Lipinski definition) is 8. The Bertz CT molecular complexity index is 626. The molecule has 1 aliphatic rings. The minimum Gasteiger partial charge on any atom is -0.393 e. The molecule has 20 heavy (non-hydrogen) atoms. The van der Waals surface area contributed by atoms with Crippen molar-refractivity contribution in [3.05, 3.63) is 12.5 Å². The zero-order valence-electron chi connectivity index (χ0n) is 10.5. The number of fused-ring (bicyclic) bond motifs is 1. The third-order valence-corrected chi connectivity index (χ3v) is 3.58. The summed E-state index contributed by atoms with van der Waals surface area (Å²) in [5, 5.41) is 28.7. The van der Waals surface area contributed by atoms with Crippen LogP contribution < -0.4 is 5.73 Å². The molecule has 0 radical (unpaired) electrons. The number of aliphatic hydroxyl groups excluding tert-OH is 3. The van der Waals surface area contributed by atoms with E-state index in [1.807, 2.05) is 0 Å². The second kappa shape index (κ2) is 4.63. The van der Waals surface area contributed by atoms with Crippen molar-refractivity contribution in [3.63, 3.8) is 0 Å². The average Bonchev–Trinajstić information content (AvgIpc) is 2.99. The van der Waals surface area contributed by atoms with Gasteiger partial charge in [-0.25, -0.2) is 9.97 Å². The van der Waals surface area contributed by atoms with Gasteiger partial charge in [-0.2, -0.15) is 4.98 Å². The number of hydrogen-bond donors (Lipinski definition) is 4. The lowest BCUT2D eigenvalue weighted by Crippen LogP contribution is -2.46. The zero-order valence-corrected chi connectivity index (χ0v) is 10.5. The van der Waals surface area contributed by atoms with E-state index in [0.29, 0.717) is 11.2 Å². The normalized spacial score (nSPS) is 25.4. The Labute approximate surface area is 113 Å². The van der Waals surface area contributed by atoms with Crippen molar-refractivity contribution in [2.45, 2.75) is 24.4 Å². The highest BCUT2D eigenvalue weighted by molar-refractivity contribution is 5.70. The van der Waals surface area contributed by atoms with Crippen LogP contribution in [0.4, 0.5) is 5.95 Å². The number of rotatable bonds is 3. The predicted octanol–water partition coefficient (Wildman–Crippen LogP) is -1.59. The molecule has 1 aliphatic heterocycles. The number of aliphatic hydroxyl groups is 3. The monoisotopic (exact) mass is 281 g/mol. The van der Waals surface area contributed by atoms with E-state index >= 15 is 0 Å². The molecule has 3 rings (SSSR count). The highest BCUT2D eigenvalue weighted by atomic mass is 16.6. The molecule has 2 aromatic heterocycles. The quantitative estimate of drug-likeness (QED) is 0.528. The lowest BCUT2D eigenvalue weighted by molar-refractivity contribution is -0.148. The van der Waals surface area contributed by atoms with Gasteiger partial charge in [0.2, 0.25) is 5.95 Å². The summed E-state index contributed by atoms with van der Waals surface area (Å²) >= 11 is 0. The van der Waals surface area contributed by atoms with Crippen molar-refractivity contribution in [2.24, 2.45) is 0 Å². The first-order valence-electron chi connectivity index (χ1n) is 6.12. The maximum absolute atomic E-state index is 10.00. The van der Waals surface area contributed by atoms with Crippen LogP contribution in [0.15, 0.2) is 12.5 Å². The van der Waals surface area contributed by atoms with Crippen LogP contribution in [0.2, 0.25) is 0 Å². The van der Waals surface area contributed by atoms with Gasteiger partial charge in [-0.3, -0.25) is 4.57 Å². The fourth-order valence-corrected chi connectivity index (χ4v) is 2.36. The molecule has 1 fully saturated rings. The number of nitrogen functional groups attached to an aromatic ring is 1. The molecule has 9 heteroatoms. The van der Waals surface area contributed by atoms with Crippen molar-refractivity contribution in [1.82, 2.24) is 19.5 Å². The van der Waals surface area contributed by atoms with Crippen molar-refractivity contribution in [3.8, 4) is 0 Å². The molecule has 0 saturated carbocycles. The third kappa shape index (κ3) is 1.83. The molecule has 5 N–H and O–H groups in total. The lowest BCUT2D eigenvalue weighted by Gasteiger charge is -2.27. The minimum atomic E-state index is -1.38. The summed E-state index contributed by atoms with van der Waals surface area (Å²) in [5.41, 5.74) is 5.19. The Morgan fingerprint density at radius 1 is 1.40 bits per heavy atom. The predicted molar refractivity (Wildman–Crippen MR) is 67.4 cm³/mol. The summed E-state index contributed by atoms with van der Waals surface area (Å²) in [4.78, 5) is 12.1. The lowest BCUT2D eigenvalue weighted by atomic mass is 9.99. The second-order valence-corrected chi connectivity index (χ2v) is 4.79. The second-order valence-electron chi connectivity index (χ2n) is 4.79. The molecular formula is C11H15N5O4. The van der Waals surface area contributed by atoms with E-state index in [9.17, 15) is 15.3 Å². The standard InChI is InChI=1S/C11H15N5O4/c12-10-13-2-6-9(15-10)16(5-14-6)8-1-7(19)11(3-17,4-18)20-8/h2,5,7-8,17-19H,1,3-4H2,(H2,12,13,15)/t7?,8-/m1/s1. The van der Waals surface area contributed by atoms with Gasteiger partial charge < -0.3 is 25.8 Å². The van der Waals surface area contributed by atoms with Gasteiger partial charge in [0, 0.05) is 6.42 Å². The molecule has 0 spiro atoms. The number of nitrogens with zero attached hydrogens (tertiary/aromatic N) is 4. The van der Waals surface area contributed by atoms with Gasteiger partial charge in [-0.15, -0.1) is 0 Å². The summed E-state index contributed by atoms with van der Waals surface area (Å²) in [6.45, 7) is -0.962. The third-order valence-electron chi connectivity index (χ3n) is 3.58. The molecule has 1 unspecified atom stereocenters. The maximum atomic E-state index is 10.00. The Morgan fingerprint density at radius 2 is 2.15 bits per heavy atom. The highest BCUT2D eigenvalue weighted by Crippen LogP contribution is 2.37. The van der Waals surface area contributed by atoms with Crippen molar-refractivity contribution >= 4 is 17.1 Å². The summed E-state index contributed by atoms with van der Waals surface area (Å²) in [6.07, 6.45) is 1.62. The van der Waals surface area contributed by atoms with Crippen LogP contribution in [-0.4, -0.2) is 59.8 Å². The van der Waals surface area contributed by atoms with E-state index in [2.05, 4.69) is 15.0 Å². The van der Waals surface area contributed by atoms with Crippen LogP contribution in [0.1, 0.15) is 12.6 Å². The number of anilines is 1. The van der Waals surface area contributed by atoms with Gasteiger partial charge in [0.05, 0.1) is 31.8 Å². The van der Waals surface area contributed by atoms with Crippen LogP contribution in [-0.2, 0) is 4.74 Å². The Balaban J connectivity index is 1.99. The first-order valence-corrected chi connectivity index (χ1v) is 6.12. The van der Waals surface area contributed by atoms with E-state index in [1.54, 1.807) is 4.57 Å². The summed E-state index contributed by atoms with van der Waals surface area (Å²) in [6, 6.07) is 0. The van der Waals surface area contributed by atoms with Gasteiger partial charge in [0.1, 0.15) is 17.3 Å². The van der Waals surface area contributed by atoms with Gasteiger partial charge in [0.25, 0.3) is 0 Å². The molecule has 0 bridgehead atoms. The number of ether oxygens (including phenoxy) is 1. The molecule has 2 atom stereocenters. The van der Waals surface area contributed by atoms with Crippen molar-refractivity contribution in [1.29, 1.82) is 0 Å². The highest BCUT2D eigenvalue weighted by Gasteiger charge is 2.48. The van der Waals surface area contributed by atoms with E-state index < -0.39 is 31.1 Å². The zero-order chi connectivity index (χ0) is 14.3. The number of imidazole rings is 1. The van der Waals surface area contributed by atoms with E-state index in [-0.39, 0.29) is 12.4 Å². The molecule has 0 aliphatic carbocycles. The summed E-state index contributed by atoms with van der Waals surface area (Å²) in [5.74, 6) is 0.105. The summed E-state index contributed by atoms with van der Waals surface area (Å²) in [7, 11) is 0. The fourth-order valence-electron chi connectivity index (χ4n) is 2.36. The molecule has 108 valence electrons. The van der Waals surface area contributed by atoms with Gasteiger partial charge in [-0.1, -0.05) is 0 Å². The van der Waals surface area contributed by atoms with E-state index in [0.717, 1.165) is 0 Å². The van der Waals surface area contributed by atoms with Crippen LogP contribution in [0.5, 0.6) is 0 Å². The maximum Gasteiger partial charge on any atom is 0.222 e. The topological polar surface area (TPSA) is 140 Å². The first kappa shape index (κ1) is 13.2. The van der Waals surface area contributed by atoms with Crippen molar-refractivity contribution < 1.29 is 20.1 Å². The van der Waals surface area contributed by atoms with E-state index in [1.165, 1.54) is 12.5 Å². The minimum absolute atomic E-state index is 0.105.